The summed E-state index contributed by atoms with van der Waals surface area (Å²) in [5, 5.41) is 0. The summed E-state index contributed by atoms with van der Waals surface area (Å²) in [6, 6.07) is 18.1. The van der Waals surface area contributed by atoms with Crippen molar-refractivity contribution in [1.29, 1.82) is 0 Å². The standard InChI is InChI=1S/C23H25N3O4S/c1-17(19-10-6-3-7-11-19)26(31(28,29)16-18-8-4-2-5-9-18)14-22-24-21-12-13-30-15-20(21)23(27)25-22/h2-11,17H,12-16H2,1H3,(H,24,25,27). The van der Waals surface area contributed by atoms with Crippen molar-refractivity contribution in [3.8, 4) is 0 Å². The zero-order valence-corrected chi connectivity index (χ0v) is 18.1. The molecule has 0 aliphatic carbocycles. The third-order valence-electron chi connectivity index (χ3n) is 5.45. The minimum Gasteiger partial charge on any atom is -0.376 e. The van der Waals surface area contributed by atoms with Crippen LogP contribution in [-0.4, -0.2) is 29.3 Å². The number of aromatic amines is 1. The van der Waals surface area contributed by atoms with Crippen LogP contribution in [0.15, 0.2) is 65.5 Å². The summed E-state index contributed by atoms with van der Waals surface area (Å²) in [6.45, 7) is 2.56. The number of fused-ring (bicyclic) bond motifs is 1. The zero-order valence-electron chi connectivity index (χ0n) is 17.3. The summed E-state index contributed by atoms with van der Waals surface area (Å²) in [5.41, 5.74) is 2.50. The van der Waals surface area contributed by atoms with Crippen LogP contribution in [-0.2, 0) is 40.1 Å². The molecule has 0 radical (unpaired) electrons. The zero-order chi connectivity index (χ0) is 21.8. The van der Waals surface area contributed by atoms with Crippen molar-refractivity contribution in [2.24, 2.45) is 0 Å². The van der Waals surface area contributed by atoms with Crippen LogP contribution in [0.3, 0.4) is 0 Å². The Bertz CT molecular complexity index is 1190. The second kappa shape index (κ2) is 9.13. The number of rotatable bonds is 7. The Hall–Kier alpha value is -2.81. The molecule has 0 amide bonds. The molecule has 162 valence electrons. The largest absolute Gasteiger partial charge is 0.376 e. The fraction of sp³-hybridized carbons (Fsp3) is 0.304. The number of hydrogen-bond acceptors (Lipinski definition) is 5. The molecule has 1 atom stereocenters. The van der Waals surface area contributed by atoms with Crippen LogP contribution in [0.25, 0.3) is 0 Å². The summed E-state index contributed by atoms with van der Waals surface area (Å²) >= 11 is 0. The molecule has 31 heavy (non-hydrogen) atoms. The van der Waals surface area contributed by atoms with Gasteiger partial charge in [-0.2, -0.15) is 4.31 Å². The lowest BCUT2D eigenvalue weighted by atomic mass is 10.1. The Morgan fingerprint density at radius 1 is 1.10 bits per heavy atom. The molecule has 1 aliphatic rings. The van der Waals surface area contributed by atoms with Gasteiger partial charge in [-0.3, -0.25) is 4.79 Å². The van der Waals surface area contributed by atoms with Gasteiger partial charge in [-0.1, -0.05) is 60.7 Å². The Kier molecular flexibility index (Phi) is 6.31. The third kappa shape index (κ3) is 4.92. The van der Waals surface area contributed by atoms with Gasteiger partial charge in [0, 0.05) is 12.5 Å². The Morgan fingerprint density at radius 3 is 2.48 bits per heavy atom. The van der Waals surface area contributed by atoms with Crippen LogP contribution in [0.2, 0.25) is 0 Å². The number of hydrogen-bond donors (Lipinski definition) is 1. The minimum atomic E-state index is -3.71. The van der Waals surface area contributed by atoms with E-state index < -0.39 is 16.1 Å². The summed E-state index contributed by atoms with van der Waals surface area (Å²) < 4.78 is 33.7. The molecular weight excluding hydrogens is 414 g/mol. The van der Waals surface area contributed by atoms with Crippen molar-refractivity contribution in [1.82, 2.24) is 14.3 Å². The average molecular weight is 440 g/mol. The molecule has 1 aromatic heterocycles. The molecule has 2 aromatic carbocycles. The maximum absolute atomic E-state index is 13.5. The smallest absolute Gasteiger partial charge is 0.256 e. The van der Waals surface area contributed by atoms with Gasteiger partial charge in [-0.25, -0.2) is 13.4 Å². The molecule has 2 heterocycles. The molecular formula is C23H25N3O4S. The molecule has 3 aromatic rings. The van der Waals surface area contributed by atoms with Crippen molar-refractivity contribution < 1.29 is 13.2 Å². The lowest BCUT2D eigenvalue weighted by Crippen LogP contribution is -2.36. The highest BCUT2D eigenvalue weighted by atomic mass is 32.2. The second-order valence-corrected chi connectivity index (χ2v) is 9.54. The SMILES string of the molecule is CC(c1ccccc1)N(Cc1nc2c(c(=O)[nH]1)COCC2)S(=O)(=O)Cc1ccccc1. The molecule has 0 saturated heterocycles. The highest BCUT2D eigenvalue weighted by Gasteiger charge is 2.30. The summed E-state index contributed by atoms with van der Waals surface area (Å²) in [5.74, 6) is 0.207. The molecule has 0 fully saturated rings. The average Bonchev–Trinajstić information content (AvgIpc) is 2.78. The van der Waals surface area contributed by atoms with E-state index in [1.165, 1.54) is 4.31 Å². The highest BCUT2D eigenvalue weighted by molar-refractivity contribution is 7.88. The summed E-state index contributed by atoms with van der Waals surface area (Å²) in [4.78, 5) is 19.8. The van der Waals surface area contributed by atoms with E-state index in [2.05, 4.69) is 9.97 Å². The van der Waals surface area contributed by atoms with Crippen LogP contribution in [0.4, 0.5) is 0 Å². The van der Waals surface area contributed by atoms with Gasteiger partial charge in [-0.05, 0) is 18.1 Å². The topological polar surface area (TPSA) is 92.4 Å². The van der Waals surface area contributed by atoms with Gasteiger partial charge in [0.25, 0.3) is 5.56 Å². The molecule has 4 rings (SSSR count). The van der Waals surface area contributed by atoms with E-state index in [1.807, 2.05) is 55.5 Å². The van der Waals surface area contributed by atoms with Gasteiger partial charge in [-0.15, -0.1) is 0 Å². The molecule has 1 N–H and O–H groups in total. The second-order valence-electron chi connectivity index (χ2n) is 7.61. The van der Waals surface area contributed by atoms with Crippen LogP contribution in [0, 0.1) is 0 Å². The maximum Gasteiger partial charge on any atom is 0.256 e. The Morgan fingerprint density at radius 2 is 1.77 bits per heavy atom. The lowest BCUT2D eigenvalue weighted by molar-refractivity contribution is 0.107. The molecule has 1 unspecified atom stereocenters. The van der Waals surface area contributed by atoms with Crippen LogP contribution < -0.4 is 5.56 Å². The summed E-state index contributed by atoms with van der Waals surface area (Å²) in [6.07, 6.45) is 0.539. The van der Waals surface area contributed by atoms with Crippen molar-refractivity contribution in [3.63, 3.8) is 0 Å². The molecule has 0 spiro atoms. The van der Waals surface area contributed by atoms with Gasteiger partial charge in [0.1, 0.15) is 5.82 Å². The van der Waals surface area contributed by atoms with E-state index in [1.54, 1.807) is 12.1 Å². The number of aromatic nitrogens is 2. The third-order valence-corrected chi connectivity index (χ3v) is 7.31. The van der Waals surface area contributed by atoms with Gasteiger partial charge in [0.2, 0.25) is 10.0 Å². The van der Waals surface area contributed by atoms with E-state index >= 15 is 0 Å². The van der Waals surface area contributed by atoms with Crippen molar-refractivity contribution >= 4 is 10.0 Å². The first-order valence-corrected chi connectivity index (χ1v) is 11.8. The van der Waals surface area contributed by atoms with Crippen LogP contribution in [0.5, 0.6) is 0 Å². The predicted molar refractivity (Wildman–Crippen MR) is 118 cm³/mol. The van der Waals surface area contributed by atoms with E-state index in [-0.39, 0.29) is 24.5 Å². The first-order valence-electron chi connectivity index (χ1n) is 10.2. The van der Waals surface area contributed by atoms with E-state index in [0.29, 0.717) is 35.7 Å². The fourth-order valence-electron chi connectivity index (χ4n) is 3.76. The molecule has 0 saturated carbocycles. The van der Waals surface area contributed by atoms with Crippen LogP contribution >= 0.6 is 0 Å². The molecule has 0 bridgehead atoms. The van der Waals surface area contributed by atoms with Crippen molar-refractivity contribution in [2.75, 3.05) is 6.61 Å². The summed E-state index contributed by atoms with van der Waals surface area (Å²) in [7, 11) is -3.71. The normalized spacial score (nSPS) is 14.9. The minimum absolute atomic E-state index is 0.0192. The van der Waals surface area contributed by atoms with Gasteiger partial charge < -0.3 is 9.72 Å². The van der Waals surface area contributed by atoms with Crippen molar-refractivity contribution in [3.05, 3.63) is 99.2 Å². The number of ether oxygens (including phenoxy) is 1. The monoisotopic (exact) mass is 439 g/mol. The maximum atomic E-state index is 13.5. The Balaban J connectivity index is 1.70. The predicted octanol–water partition coefficient (Wildman–Crippen LogP) is 2.94. The van der Waals surface area contributed by atoms with E-state index in [4.69, 9.17) is 4.74 Å². The van der Waals surface area contributed by atoms with E-state index in [0.717, 1.165) is 5.56 Å². The number of benzene rings is 2. The number of nitrogens with one attached hydrogen (secondary N) is 1. The Labute approximate surface area is 181 Å². The van der Waals surface area contributed by atoms with Gasteiger partial charge in [0.15, 0.2) is 0 Å². The first-order chi connectivity index (χ1) is 14.9. The fourth-order valence-corrected chi connectivity index (χ4v) is 5.46. The van der Waals surface area contributed by atoms with Gasteiger partial charge in [0.05, 0.1) is 36.8 Å². The number of H-pyrrole nitrogens is 1. The van der Waals surface area contributed by atoms with Crippen LogP contribution in [0.1, 0.15) is 41.2 Å². The number of nitrogens with zero attached hydrogens (tertiary/aromatic N) is 2. The number of sulfonamides is 1. The molecule has 7 nitrogen and oxygen atoms in total. The van der Waals surface area contributed by atoms with Crippen molar-refractivity contribution in [2.45, 2.75) is 38.3 Å². The quantitative estimate of drug-likeness (QED) is 0.611. The molecule has 1 aliphatic heterocycles. The lowest BCUT2D eigenvalue weighted by Gasteiger charge is -2.29. The van der Waals surface area contributed by atoms with E-state index in [9.17, 15) is 13.2 Å². The first kappa shape index (κ1) is 21.4. The highest BCUT2D eigenvalue weighted by Crippen LogP contribution is 2.27. The molecule has 8 heteroatoms. The van der Waals surface area contributed by atoms with Gasteiger partial charge >= 0.3 is 0 Å².